The first-order chi connectivity index (χ1) is 13.0. The molecule has 1 fully saturated rings. The molecular formula is C19H21N3O4S. The van der Waals surface area contributed by atoms with E-state index in [9.17, 15) is 14.9 Å². The van der Waals surface area contributed by atoms with Gasteiger partial charge in [0.1, 0.15) is 11.9 Å². The van der Waals surface area contributed by atoms with Gasteiger partial charge in [-0.1, -0.05) is 0 Å². The molecule has 2 aromatic rings. The van der Waals surface area contributed by atoms with Crippen LogP contribution in [0.3, 0.4) is 0 Å². The zero-order chi connectivity index (χ0) is 19.4. The Morgan fingerprint density at radius 1 is 1.48 bits per heavy atom. The lowest BCUT2D eigenvalue weighted by atomic mass is 10.2. The fraction of sp³-hybridized carbons (Fsp3) is 0.421. The average Bonchev–Trinajstić information content (AvgIpc) is 3.40. The van der Waals surface area contributed by atoms with Crippen LogP contribution in [0.25, 0.3) is 0 Å². The minimum Gasteiger partial charge on any atom is -0.452 e. The van der Waals surface area contributed by atoms with Gasteiger partial charge in [-0.2, -0.15) is 16.6 Å². The van der Waals surface area contributed by atoms with Crippen LogP contribution >= 0.6 is 11.3 Å². The molecule has 1 atom stereocenters. The highest BCUT2D eigenvalue weighted by Gasteiger charge is 2.24. The summed E-state index contributed by atoms with van der Waals surface area (Å²) in [6.45, 7) is 4.65. The predicted molar refractivity (Wildman–Crippen MR) is 101 cm³/mol. The molecule has 8 heteroatoms. The predicted octanol–water partition coefficient (Wildman–Crippen LogP) is 3.01. The smallest absolute Gasteiger partial charge is 0.339 e. The average molecular weight is 387 g/mol. The summed E-state index contributed by atoms with van der Waals surface area (Å²) in [6.07, 6.45) is 2.02. The Morgan fingerprint density at radius 2 is 2.30 bits per heavy atom. The SMILES string of the molecule is Cc1c(C#N)c(NC(=O)COC(=O)c2ccsc2)n(C[C@H]2CCCO2)c1C. The molecule has 27 heavy (non-hydrogen) atoms. The van der Waals surface area contributed by atoms with Crippen molar-refractivity contribution in [2.75, 3.05) is 18.5 Å². The van der Waals surface area contributed by atoms with Gasteiger partial charge in [0.25, 0.3) is 5.91 Å². The first kappa shape index (κ1) is 19.1. The van der Waals surface area contributed by atoms with Crippen molar-refractivity contribution in [2.45, 2.75) is 39.3 Å². The Hall–Kier alpha value is -2.63. The normalized spacial score (nSPS) is 16.1. The van der Waals surface area contributed by atoms with Crippen LogP contribution in [-0.4, -0.2) is 35.8 Å². The zero-order valence-electron chi connectivity index (χ0n) is 15.3. The molecule has 142 valence electrons. The lowest BCUT2D eigenvalue weighted by Gasteiger charge is -2.16. The maximum Gasteiger partial charge on any atom is 0.339 e. The maximum atomic E-state index is 12.3. The van der Waals surface area contributed by atoms with Crippen molar-refractivity contribution in [2.24, 2.45) is 0 Å². The largest absolute Gasteiger partial charge is 0.452 e. The molecule has 0 aliphatic carbocycles. The molecule has 0 aromatic carbocycles. The van der Waals surface area contributed by atoms with Gasteiger partial charge in [-0.05, 0) is 43.7 Å². The third-order valence-corrected chi connectivity index (χ3v) is 5.38. The van der Waals surface area contributed by atoms with Crippen LogP contribution in [0.4, 0.5) is 5.82 Å². The second-order valence-corrected chi connectivity index (χ2v) is 7.21. The van der Waals surface area contributed by atoms with Gasteiger partial charge in [0.05, 0.1) is 23.8 Å². The van der Waals surface area contributed by atoms with E-state index >= 15 is 0 Å². The van der Waals surface area contributed by atoms with Crippen LogP contribution in [0.5, 0.6) is 0 Å². The molecule has 1 N–H and O–H groups in total. The van der Waals surface area contributed by atoms with Crippen molar-refractivity contribution in [3.8, 4) is 6.07 Å². The number of aromatic nitrogens is 1. The summed E-state index contributed by atoms with van der Waals surface area (Å²) in [5, 5.41) is 15.7. The summed E-state index contributed by atoms with van der Waals surface area (Å²) in [5.74, 6) is -0.602. The van der Waals surface area contributed by atoms with Crippen molar-refractivity contribution >= 4 is 29.0 Å². The van der Waals surface area contributed by atoms with E-state index in [1.54, 1.807) is 16.8 Å². The quantitative estimate of drug-likeness (QED) is 0.769. The molecule has 0 bridgehead atoms. The number of hydrogen-bond donors (Lipinski definition) is 1. The lowest BCUT2D eigenvalue weighted by Crippen LogP contribution is -2.24. The van der Waals surface area contributed by atoms with Crippen molar-refractivity contribution < 1.29 is 19.1 Å². The summed E-state index contributed by atoms with van der Waals surface area (Å²) in [6, 6.07) is 3.80. The number of carbonyl (C=O) groups is 2. The maximum absolute atomic E-state index is 12.3. The molecule has 1 amide bonds. The molecule has 0 radical (unpaired) electrons. The molecule has 0 unspecified atom stereocenters. The van der Waals surface area contributed by atoms with Gasteiger partial charge >= 0.3 is 5.97 Å². The monoisotopic (exact) mass is 387 g/mol. The summed E-state index contributed by atoms with van der Waals surface area (Å²) >= 11 is 1.38. The number of hydrogen-bond acceptors (Lipinski definition) is 6. The fourth-order valence-electron chi connectivity index (χ4n) is 3.11. The molecule has 2 aromatic heterocycles. The van der Waals surface area contributed by atoms with Crippen LogP contribution in [0.1, 0.15) is 40.0 Å². The summed E-state index contributed by atoms with van der Waals surface area (Å²) in [5.41, 5.74) is 2.57. The molecule has 0 spiro atoms. The Morgan fingerprint density at radius 3 is 2.93 bits per heavy atom. The number of ether oxygens (including phenoxy) is 2. The minimum absolute atomic E-state index is 0.0640. The second-order valence-electron chi connectivity index (χ2n) is 6.43. The summed E-state index contributed by atoms with van der Waals surface area (Å²) < 4.78 is 12.6. The Labute approximate surface area is 161 Å². The van der Waals surface area contributed by atoms with Gasteiger partial charge < -0.3 is 19.4 Å². The molecular weight excluding hydrogens is 366 g/mol. The van der Waals surface area contributed by atoms with E-state index in [2.05, 4.69) is 11.4 Å². The highest BCUT2D eigenvalue weighted by Crippen LogP contribution is 2.28. The highest BCUT2D eigenvalue weighted by molar-refractivity contribution is 7.08. The van der Waals surface area contributed by atoms with Crippen LogP contribution in [0, 0.1) is 25.2 Å². The van der Waals surface area contributed by atoms with E-state index in [0.29, 0.717) is 23.5 Å². The van der Waals surface area contributed by atoms with Crippen molar-refractivity contribution in [1.29, 1.82) is 5.26 Å². The van der Waals surface area contributed by atoms with Gasteiger partial charge in [0.15, 0.2) is 6.61 Å². The summed E-state index contributed by atoms with van der Waals surface area (Å²) in [4.78, 5) is 24.2. The molecule has 3 heterocycles. The Balaban J connectivity index is 1.72. The Bertz CT molecular complexity index is 874. The van der Waals surface area contributed by atoms with Gasteiger partial charge in [0, 0.05) is 17.7 Å². The molecule has 1 aliphatic rings. The van der Waals surface area contributed by atoms with Crippen molar-refractivity contribution in [3.05, 3.63) is 39.2 Å². The number of nitriles is 1. The van der Waals surface area contributed by atoms with E-state index in [-0.39, 0.29) is 6.10 Å². The first-order valence-electron chi connectivity index (χ1n) is 8.71. The van der Waals surface area contributed by atoms with Gasteiger partial charge in [0.2, 0.25) is 0 Å². The molecule has 1 aliphatic heterocycles. The van der Waals surface area contributed by atoms with Crippen molar-refractivity contribution in [3.63, 3.8) is 0 Å². The second kappa shape index (κ2) is 8.37. The fourth-order valence-corrected chi connectivity index (χ4v) is 3.74. The van der Waals surface area contributed by atoms with E-state index in [4.69, 9.17) is 9.47 Å². The van der Waals surface area contributed by atoms with E-state index in [0.717, 1.165) is 30.7 Å². The Kier molecular flexibility index (Phi) is 5.94. The van der Waals surface area contributed by atoms with Crippen LogP contribution in [-0.2, 0) is 20.8 Å². The van der Waals surface area contributed by atoms with E-state index in [1.165, 1.54) is 11.3 Å². The number of nitrogens with zero attached hydrogens (tertiary/aromatic N) is 2. The number of nitrogens with one attached hydrogen (secondary N) is 1. The van der Waals surface area contributed by atoms with Gasteiger partial charge in [-0.25, -0.2) is 4.79 Å². The molecule has 7 nitrogen and oxygen atoms in total. The van der Waals surface area contributed by atoms with Crippen LogP contribution in [0.15, 0.2) is 16.8 Å². The topological polar surface area (TPSA) is 93.4 Å². The third kappa shape index (κ3) is 4.21. The highest BCUT2D eigenvalue weighted by atomic mass is 32.1. The number of anilines is 1. The zero-order valence-corrected chi connectivity index (χ0v) is 16.1. The number of carbonyl (C=O) groups excluding carboxylic acids is 2. The molecule has 0 saturated carbocycles. The van der Waals surface area contributed by atoms with E-state index in [1.807, 2.05) is 18.4 Å². The van der Waals surface area contributed by atoms with Crippen molar-refractivity contribution in [1.82, 2.24) is 4.57 Å². The minimum atomic E-state index is -0.547. The number of amides is 1. The molecule has 1 saturated heterocycles. The van der Waals surface area contributed by atoms with Gasteiger partial charge in [-0.15, -0.1) is 0 Å². The number of esters is 1. The van der Waals surface area contributed by atoms with Gasteiger partial charge in [-0.3, -0.25) is 4.79 Å². The standard InChI is InChI=1S/C19H21N3O4S/c1-12-13(2)22(9-15-4-3-6-25-15)18(16(12)8-20)21-17(23)10-26-19(24)14-5-7-27-11-14/h5,7,11,15H,3-4,6,9-10H2,1-2H3,(H,21,23)/t15-/m1/s1. The van der Waals surface area contributed by atoms with E-state index < -0.39 is 18.5 Å². The number of rotatable bonds is 6. The first-order valence-corrected chi connectivity index (χ1v) is 9.66. The lowest BCUT2D eigenvalue weighted by molar-refractivity contribution is -0.119. The van der Waals surface area contributed by atoms with Crippen LogP contribution in [0.2, 0.25) is 0 Å². The number of thiophene rings is 1. The van der Waals surface area contributed by atoms with Crippen LogP contribution < -0.4 is 5.32 Å². The molecule has 3 rings (SSSR count). The third-order valence-electron chi connectivity index (χ3n) is 4.70. The summed E-state index contributed by atoms with van der Waals surface area (Å²) in [7, 11) is 0.